The lowest BCUT2D eigenvalue weighted by molar-refractivity contribution is -0.214. The van der Waals surface area contributed by atoms with Gasteiger partial charge in [-0.15, -0.1) is 13.2 Å². The second-order valence-corrected chi connectivity index (χ2v) is 6.17. The smallest absolute Gasteiger partial charge is 0.369 e. The van der Waals surface area contributed by atoms with Crippen LogP contribution in [0.4, 0.5) is 13.2 Å². The topological polar surface area (TPSA) is 81.2 Å². The normalized spacial score (nSPS) is 23.6. The van der Waals surface area contributed by atoms with Crippen molar-refractivity contribution in [3.63, 3.8) is 0 Å². The van der Waals surface area contributed by atoms with Gasteiger partial charge in [0.25, 0.3) is 0 Å². The first-order valence-corrected chi connectivity index (χ1v) is 7.46. The Morgan fingerprint density at radius 3 is 2.61 bits per heavy atom. The van der Waals surface area contributed by atoms with Gasteiger partial charge in [-0.05, 0) is 31.7 Å². The molecule has 1 aromatic heterocycles. The average Bonchev–Trinajstić information content (AvgIpc) is 3.14. The molecule has 2 N–H and O–H groups in total. The van der Waals surface area contributed by atoms with Crippen LogP contribution in [0.3, 0.4) is 0 Å². The lowest BCUT2D eigenvalue weighted by Crippen LogP contribution is -2.48. The summed E-state index contributed by atoms with van der Waals surface area (Å²) >= 11 is 0. The number of aromatic nitrogens is 2. The van der Waals surface area contributed by atoms with Crippen molar-refractivity contribution in [1.29, 1.82) is 0 Å². The molecule has 3 rings (SSSR count). The van der Waals surface area contributed by atoms with Crippen LogP contribution in [-0.2, 0) is 21.3 Å². The van der Waals surface area contributed by atoms with Gasteiger partial charge in [0.15, 0.2) is 0 Å². The summed E-state index contributed by atoms with van der Waals surface area (Å²) in [5.41, 5.74) is 3.99. The van der Waals surface area contributed by atoms with E-state index in [0.717, 1.165) is 6.20 Å². The number of carbonyl (C=O) groups is 2. The van der Waals surface area contributed by atoms with Gasteiger partial charge in [0.2, 0.25) is 11.8 Å². The Bertz CT molecular complexity index is 636. The third kappa shape index (κ3) is 2.68. The molecule has 9 heteroatoms. The fourth-order valence-electron chi connectivity index (χ4n) is 3.27. The van der Waals surface area contributed by atoms with E-state index in [2.05, 4.69) is 5.10 Å². The van der Waals surface area contributed by atoms with Gasteiger partial charge in [0.1, 0.15) is 0 Å². The minimum Gasteiger partial charge on any atom is -0.369 e. The van der Waals surface area contributed by atoms with Crippen LogP contribution in [0, 0.1) is 5.92 Å². The first-order chi connectivity index (χ1) is 10.8. The van der Waals surface area contributed by atoms with Crippen LogP contribution >= 0.6 is 0 Å². The van der Waals surface area contributed by atoms with Crippen molar-refractivity contribution < 1.29 is 22.8 Å². The molecule has 0 bridgehead atoms. The van der Waals surface area contributed by atoms with Crippen LogP contribution in [0.25, 0.3) is 0 Å². The molecule has 2 heterocycles. The van der Waals surface area contributed by atoms with E-state index in [9.17, 15) is 22.8 Å². The van der Waals surface area contributed by atoms with Crippen LogP contribution in [0.15, 0.2) is 12.3 Å². The SMILES string of the molecule is NC(=O)[C@H]1CCCN(C(=O)C2(c3ccnn3C(F)(F)F)CC2)C1. The minimum absolute atomic E-state index is 0.0343. The van der Waals surface area contributed by atoms with Crippen LogP contribution in [-0.4, -0.2) is 39.6 Å². The summed E-state index contributed by atoms with van der Waals surface area (Å²) in [5.74, 6) is -1.28. The Morgan fingerprint density at radius 1 is 1.35 bits per heavy atom. The second kappa shape index (κ2) is 5.24. The van der Waals surface area contributed by atoms with Gasteiger partial charge in [0.05, 0.1) is 17.0 Å². The highest BCUT2D eigenvalue weighted by atomic mass is 19.4. The molecule has 1 saturated carbocycles. The molecule has 1 atom stereocenters. The zero-order chi connectivity index (χ0) is 16.8. The number of hydrogen-bond donors (Lipinski definition) is 1. The van der Waals surface area contributed by atoms with Gasteiger partial charge < -0.3 is 10.6 Å². The number of hydrogen-bond acceptors (Lipinski definition) is 3. The van der Waals surface area contributed by atoms with Gasteiger partial charge in [-0.25, -0.2) is 0 Å². The lowest BCUT2D eigenvalue weighted by atomic mass is 9.94. The third-order valence-electron chi connectivity index (χ3n) is 4.64. The Morgan fingerprint density at radius 2 is 2.04 bits per heavy atom. The number of halogens is 3. The highest BCUT2D eigenvalue weighted by Crippen LogP contribution is 2.51. The molecule has 0 spiro atoms. The van der Waals surface area contributed by atoms with Crippen molar-refractivity contribution in [2.75, 3.05) is 13.1 Å². The number of likely N-dealkylation sites (tertiary alicyclic amines) is 1. The summed E-state index contributed by atoms with van der Waals surface area (Å²) in [6.07, 6.45) is -1.68. The molecule has 1 saturated heterocycles. The zero-order valence-corrected chi connectivity index (χ0v) is 12.3. The minimum atomic E-state index is -4.66. The lowest BCUT2D eigenvalue weighted by Gasteiger charge is -2.34. The van der Waals surface area contributed by atoms with E-state index in [0.29, 0.717) is 32.2 Å². The molecule has 23 heavy (non-hydrogen) atoms. The van der Waals surface area contributed by atoms with E-state index in [1.54, 1.807) is 0 Å². The summed E-state index contributed by atoms with van der Waals surface area (Å²) in [6.45, 7) is 0.612. The summed E-state index contributed by atoms with van der Waals surface area (Å²) in [5, 5.41) is 3.31. The van der Waals surface area contributed by atoms with Crippen molar-refractivity contribution in [1.82, 2.24) is 14.7 Å². The fraction of sp³-hybridized carbons (Fsp3) is 0.643. The van der Waals surface area contributed by atoms with E-state index in [-0.39, 0.29) is 22.8 Å². The highest BCUT2D eigenvalue weighted by molar-refractivity contribution is 5.91. The van der Waals surface area contributed by atoms with Crippen molar-refractivity contribution in [2.24, 2.45) is 11.7 Å². The zero-order valence-electron chi connectivity index (χ0n) is 12.3. The monoisotopic (exact) mass is 330 g/mol. The summed E-state index contributed by atoms with van der Waals surface area (Å²) in [7, 11) is 0. The van der Waals surface area contributed by atoms with Crippen LogP contribution < -0.4 is 5.73 Å². The Kier molecular flexibility index (Phi) is 3.61. The van der Waals surface area contributed by atoms with E-state index >= 15 is 0 Å². The highest BCUT2D eigenvalue weighted by Gasteiger charge is 2.57. The first kappa shape index (κ1) is 15.8. The maximum absolute atomic E-state index is 13.0. The molecule has 1 aromatic rings. The average molecular weight is 330 g/mol. The predicted molar refractivity (Wildman–Crippen MR) is 72.9 cm³/mol. The quantitative estimate of drug-likeness (QED) is 0.901. The summed E-state index contributed by atoms with van der Waals surface area (Å²) < 4.78 is 39.0. The number of alkyl halides is 3. The number of carbonyl (C=O) groups excluding carboxylic acids is 2. The molecular weight excluding hydrogens is 313 g/mol. The molecule has 2 fully saturated rings. The Hall–Kier alpha value is -2.06. The maximum Gasteiger partial charge on any atom is 0.504 e. The standard InChI is InChI=1S/C14H17F3N4O2/c15-14(16,17)21-10(3-6-19-21)13(4-5-13)12(23)20-7-1-2-9(8-20)11(18)22/h3,6,9H,1-2,4-5,7-8H2,(H2,18,22)/t9-/m0/s1. The van der Waals surface area contributed by atoms with Gasteiger partial charge >= 0.3 is 6.30 Å². The van der Waals surface area contributed by atoms with Crippen LogP contribution in [0.2, 0.25) is 0 Å². The van der Waals surface area contributed by atoms with Crippen molar-refractivity contribution in [2.45, 2.75) is 37.4 Å². The Labute approximate surface area is 130 Å². The van der Waals surface area contributed by atoms with Gasteiger partial charge in [-0.3, -0.25) is 9.59 Å². The molecule has 0 radical (unpaired) electrons. The van der Waals surface area contributed by atoms with Crippen molar-refractivity contribution in [3.05, 3.63) is 18.0 Å². The second-order valence-electron chi connectivity index (χ2n) is 6.17. The van der Waals surface area contributed by atoms with Crippen molar-refractivity contribution >= 4 is 11.8 Å². The van der Waals surface area contributed by atoms with E-state index < -0.39 is 23.5 Å². The van der Waals surface area contributed by atoms with Crippen LogP contribution in [0.1, 0.15) is 31.4 Å². The first-order valence-electron chi connectivity index (χ1n) is 7.46. The maximum atomic E-state index is 13.0. The van der Waals surface area contributed by atoms with E-state index in [1.807, 2.05) is 0 Å². The molecular formula is C14H17F3N4O2. The van der Waals surface area contributed by atoms with Gasteiger partial charge in [0, 0.05) is 19.3 Å². The molecule has 0 aromatic carbocycles. The number of rotatable bonds is 3. The number of amides is 2. The van der Waals surface area contributed by atoms with E-state index in [1.165, 1.54) is 11.0 Å². The molecule has 1 aliphatic carbocycles. The Balaban J connectivity index is 1.85. The molecule has 2 amide bonds. The van der Waals surface area contributed by atoms with E-state index in [4.69, 9.17) is 5.73 Å². The predicted octanol–water partition coefficient (Wildman–Crippen LogP) is 1.11. The number of nitrogens with zero attached hydrogens (tertiary/aromatic N) is 3. The molecule has 6 nitrogen and oxygen atoms in total. The molecule has 0 unspecified atom stereocenters. The fourth-order valence-corrected chi connectivity index (χ4v) is 3.27. The molecule has 126 valence electrons. The van der Waals surface area contributed by atoms with Crippen LogP contribution in [0.5, 0.6) is 0 Å². The largest absolute Gasteiger partial charge is 0.504 e. The van der Waals surface area contributed by atoms with Crippen molar-refractivity contribution in [3.8, 4) is 0 Å². The van der Waals surface area contributed by atoms with Gasteiger partial charge in [-0.1, -0.05) is 0 Å². The number of primary amides is 1. The molecule has 1 aliphatic heterocycles. The van der Waals surface area contributed by atoms with Gasteiger partial charge in [-0.2, -0.15) is 9.78 Å². The third-order valence-corrected chi connectivity index (χ3v) is 4.64. The number of piperidine rings is 1. The summed E-state index contributed by atoms with van der Waals surface area (Å²) in [6, 6.07) is 1.24. The summed E-state index contributed by atoms with van der Waals surface area (Å²) in [4.78, 5) is 25.6. The molecule has 2 aliphatic rings. The number of nitrogens with two attached hydrogens (primary N) is 1.